The summed E-state index contributed by atoms with van der Waals surface area (Å²) in [4.78, 5) is 12.9. The lowest BCUT2D eigenvalue weighted by Gasteiger charge is -2.10. The van der Waals surface area contributed by atoms with Crippen LogP contribution in [-0.4, -0.2) is 26.0 Å². The summed E-state index contributed by atoms with van der Waals surface area (Å²) in [5.41, 5.74) is 1.51. The van der Waals surface area contributed by atoms with E-state index in [2.05, 4.69) is 5.32 Å². The van der Waals surface area contributed by atoms with Gasteiger partial charge >= 0.3 is 0 Å². The first-order valence-electron chi connectivity index (χ1n) is 9.87. The highest BCUT2D eigenvalue weighted by Gasteiger charge is 2.24. The molecule has 3 aromatic carbocycles. The first-order valence-corrected chi connectivity index (χ1v) is 11.7. The number of ether oxygens (including phenoxy) is 1. The molecule has 0 spiro atoms. The summed E-state index contributed by atoms with van der Waals surface area (Å²) in [6.45, 7) is 0.282. The Balaban J connectivity index is 1.61. The molecule has 32 heavy (non-hydrogen) atoms. The minimum atomic E-state index is -3.79. The van der Waals surface area contributed by atoms with Gasteiger partial charge in [0.15, 0.2) is 0 Å². The fourth-order valence-corrected chi connectivity index (χ4v) is 5.15. The number of halogens is 1. The fraction of sp³-hybridized carbons (Fsp3) is 0.125. The van der Waals surface area contributed by atoms with Crippen molar-refractivity contribution in [3.63, 3.8) is 0 Å². The van der Waals surface area contributed by atoms with Gasteiger partial charge in [0, 0.05) is 34.2 Å². The third kappa shape index (κ3) is 4.35. The van der Waals surface area contributed by atoms with Crippen molar-refractivity contribution in [1.29, 1.82) is 0 Å². The van der Waals surface area contributed by atoms with Gasteiger partial charge in [-0.1, -0.05) is 48.0 Å². The van der Waals surface area contributed by atoms with Crippen LogP contribution in [0, 0.1) is 0 Å². The molecule has 0 radical (unpaired) electrons. The number of hydrogen-bond donors (Lipinski definition) is 1. The minimum absolute atomic E-state index is 0.0220. The van der Waals surface area contributed by atoms with Crippen molar-refractivity contribution in [3.05, 3.63) is 89.6 Å². The van der Waals surface area contributed by atoms with E-state index < -0.39 is 9.84 Å². The summed E-state index contributed by atoms with van der Waals surface area (Å²) < 4.78 is 33.5. The number of nitrogens with zero attached hydrogens (tertiary/aromatic N) is 1. The highest BCUT2D eigenvalue weighted by atomic mass is 35.5. The second-order valence-electron chi connectivity index (χ2n) is 7.18. The number of fused-ring (bicyclic) bond motifs is 1. The van der Waals surface area contributed by atoms with Crippen LogP contribution >= 0.6 is 11.6 Å². The van der Waals surface area contributed by atoms with Crippen molar-refractivity contribution >= 4 is 38.2 Å². The van der Waals surface area contributed by atoms with Gasteiger partial charge in [-0.25, -0.2) is 8.42 Å². The molecule has 0 bridgehead atoms. The molecule has 0 aliphatic carbocycles. The zero-order chi connectivity index (χ0) is 22.7. The van der Waals surface area contributed by atoms with Crippen molar-refractivity contribution in [2.24, 2.45) is 0 Å². The van der Waals surface area contributed by atoms with Crippen LogP contribution in [0.3, 0.4) is 0 Å². The number of hydrogen-bond acceptors (Lipinski definition) is 4. The van der Waals surface area contributed by atoms with Gasteiger partial charge in [0.2, 0.25) is 15.7 Å². The number of nitrogens with one attached hydrogen (secondary N) is 1. The summed E-state index contributed by atoms with van der Waals surface area (Å²) in [6, 6.07) is 20.6. The maximum absolute atomic E-state index is 13.3. The van der Waals surface area contributed by atoms with E-state index in [-0.39, 0.29) is 22.2 Å². The van der Waals surface area contributed by atoms with E-state index in [1.807, 2.05) is 30.3 Å². The first kappa shape index (κ1) is 21.9. The van der Waals surface area contributed by atoms with Crippen LogP contribution in [0.1, 0.15) is 5.56 Å². The van der Waals surface area contributed by atoms with E-state index in [0.29, 0.717) is 28.2 Å². The van der Waals surface area contributed by atoms with Crippen LogP contribution in [-0.2, 0) is 27.7 Å². The molecule has 0 atom stereocenters. The van der Waals surface area contributed by atoms with Crippen LogP contribution < -0.4 is 10.1 Å². The number of carbonyl (C=O) groups excluding carboxylic acids is 1. The zero-order valence-electron chi connectivity index (χ0n) is 17.3. The fourth-order valence-electron chi connectivity index (χ4n) is 3.55. The molecular formula is C24H21ClN2O4S. The van der Waals surface area contributed by atoms with Crippen molar-refractivity contribution in [3.8, 4) is 5.75 Å². The van der Waals surface area contributed by atoms with Crippen LogP contribution in [0.5, 0.6) is 5.75 Å². The molecule has 0 saturated carbocycles. The summed E-state index contributed by atoms with van der Waals surface area (Å²) in [5, 5.41) is 3.88. The third-order valence-electron chi connectivity index (χ3n) is 5.15. The van der Waals surface area contributed by atoms with Gasteiger partial charge in [-0.3, -0.25) is 4.79 Å². The molecule has 1 heterocycles. The Morgan fingerprint density at radius 1 is 1.00 bits per heavy atom. The standard InChI is InChI=1S/C24H21ClN2O4S/c1-31-22-9-5-2-6-17(22)14-26-24(28)16-27-15-23(20-7-3-4-8-21(20)27)32(29,30)19-12-10-18(25)11-13-19/h2-13,15H,14,16H2,1H3,(H,26,28). The molecule has 164 valence electrons. The van der Waals surface area contributed by atoms with E-state index in [4.69, 9.17) is 16.3 Å². The molecule has 6 nitrogen and oxygen atoms in total. The SMILES string of the molecule is COc1ccccc1CNC(=O)Cn1cc(S(=O)(=O)c2ccc(Cl)cc2)c2ccccc21. The van der Waals surface area contributed by atoms with Gasteiger partial charge in [-0.15, -0.1) is 0 Å². The molecule has 1 aromatic heterocycles. The Hall–Kier alpha value is -3.29. The topological polar surface area (TPSA) is 77.4 Å². The van der Waals surface area contributed by atoms with Crippen LogP contribution in [0.2, 0.25) is 5.02 Å². The average molecular weight is 469 g/mol. The monoisotopic (exact) mass is 468 g/mol. The average Bonchev–Trinajstić information content (AvgIpc) is 3.17. The van der Waals surface area contributed by atoms with Crippen LogP contribution in [0.25, 0.3) is 10.9 Å². The predicted molar refractivity (Wildman–Crippen MR) is 124 cm³/mol. The maximum atomic E-state index is 13.3. The smallest absolute Gasteiger partial charge is 0.240 e. The number of benzene rings is 3. The molecule has 1 amide bonds. The number of amides is 1. The number of methoxy groups -OCH3 is 1. The summed E-state index contributed by atoms with van der Waals surface area (Å²) in [5.74, 6) is 0.447. The molecular weight excluding hydrogens is 448 g/mol. The lowest BCUT2D eigenvalue weighted by Crippen LogP contribution is -2.27. The molecule has 4 aromatic rings. The van der Waals surface area contributed by atoms with E-state index in [1.54, 1.807) is 42.0 Å². The number of para-hydroxylation sites is 2. The molecule has 0 unspecified atom stereocenters. The van der Waals surface area contributed by atoms with Gasteiger partial charge in [0.1, 0.15) is 12.3 Å². The number of rotatable bonds is 7. The normalized spacial score (nSPS) is 11.4. The molecule has 4 rings (SSSR count). The Morgan fingerprint density at radius 2 is 1.69 bits per heavy atom. The van der Waals surface area contributed by atoms with Gasteiger partial charge in [0.05, 0.1) is 16.9 Å². The zero-order valence-corrected chi connectivity index (χ0v) is 18.9. The highest BCUT2D eigenvalue weighted by Crippen LogP contribution is 2.30. The van der Waals surface area contributed by atoms with Gasteiger partial charge in [-0.2, -0.15) is 0 Å². The lowest BCUT2D eigenvalue weighted by molar-refractivity contribution is -0.121. The van der Waals surface area contributed by atoms with Gasteiger partial charge in [0.25, 0.3) is 0 Å². The molecule has 0 fully saturated rings. The van der Waals surface area contributed by atoms with E-state index in [1.165, 1.54) is 18.3 Å². The Kier molecular flexibility index (Phi) is 6.21. The Labute approximate surface area is 191 Å². The number of sulfone groups is 1. The summed E-state index contributed by atoms with van der Waals surface area (Å²) in [6.07, 6.45) is 1.51. The number of aromatic nitrogens is 1. The Morgan fingerprint density at radius 3 is 2.44 bits per heavy atom. The van der Waals surface area contributed by atoms with Crippen LogP contribution in [0.15, 0.2) is 88.8 Å². The summed E-state index contributed by atoms with van der Waals surface area (Å²) >= 11 is 5.91. The van der Waals surface area contributed by atoms with Crippen molar-refractivity contribution < 1.29 is 17.9 Å². The van der Waals surface area contributed by atoms with E-state index in [0.717, 1.165) is 5.56 Å². The minimum Gasteiger partial charge on any atom is -0.496 e. The molecule has 0 aliphatic rings. The van der Waals surface area contributed by atoms with E-state index >= 15 is 0 Å². The molecule has 0 saturated heterocycles. The van der Waals surface area contributed by atoms with E-state index in [9.17, 15) is 13.2 Å². The quantitative estimate of drug-likeness (QED) is 0.434. The summed E-state index contributed by atoms with van der Waals surface area (Å²) in [7, 11) is -2.21. The van der Waals surface area contributed by atoms with Gasteiger partial charge < -0.3 is 14.6 Å². The van der Waals surface area contributed by atoms with Crippen molar-refractivity contribution in [2.75, 3.05) is 7.11 Å². The molecule has 1 N–H and O–H groups in total. The van der Waals surface area contributed by atoms with Crippen molar-refractivity contribution in [2.45, 2.75) is 22.9 Å². The lowest BCUT2D eigenvalue weighted by atomic mass is 10.2. The second-order valence-corrected chi connectivity index (χ2v) is 9.54. The first-order chi connectivity index (χ1) is 15.4. The highest BCUT2D eigenvalue weighted by molar-refractivity contribution is 7.91. The number of carbonyl (C=O) groups is 1. The van der Waals surface area contributed by atoms with Crippen LogP contribution in [0.4, 0.5) is 0 Å². The second kappa shape index (κ2) is 9.06. The van der Waals surface area contributed by atoms with Gasteiger partial charge in [-0.05, 0) is 36.4 Å². The Bertz CT molecular complexity index is 1380. The predicted octanol–water partition coefficient (Wildman–Crippen LogP) is 4.45. The molecule has 0 aliphatic heterocycles. The molecule has 8 heteroatoms. The third-order valence-corrected chi connectivity index (χ3v) is 7.20. The van der Waals surface area contributed by atoms with Crippen molar-refractivity contribution in [1.82, 2.24) is 9.88 Å². The maximum Gasteiger partial charge on any atom is 0.240 e. The largest absolute Gasteiger partial charge is 0.496 e.